The fraction of sp³-hybridized carbons (Fsp3) is 0.583. The van der Waals surface area contributed by atoms with E-state index < -0.39 is 0 Å². The van der Waals surface area contributed by atoms with E-state index >= 15 is 0 Å². The number of hydrogen-bond donors (Lipinski definition) is 1. The molecule has 2 N–H and O–H groups in total. The van der Waals surface area contributed by atoms with Crippen molar-refractivity contribution in [1.29, 1.82) is 0 Å². The lowest BCUT2D eigenvalue weighted by molar-refractivity contribution is 0.108. The van der Waals surface area contributed by atoms with Crippen LogP contribution in [0.3, 0.4) is 0 Å². The van der Waals surface area contributed by atoms with Gasteiger partial charge in [0.25, 0.3) is 0 Å². The van der Waals surface area contributed by atoms with Gasteiger partial charge in [0.05, 0.1) is 0 Å². The predicted octanol–water partition coefficient (Wildman–Crippen LogP) is 2.27. The van der Waals surface area contributed by atoms with E-state index in [1.54, 1.807) is 6.20 Å². The third-order valence-electron chi connectivity index (χ3n) is 2.11. The number of ether oxygens (including phenoxy) is 1. The summed E-state index contributed by atoms with van der Waals surface area (Å²) in [5.41, 5.74) is 6.85. The number of hydrogen-bond acceptors (Lipinski definition) is 3. The molecule has 1 aromatic heterocycles. The summed E-state index contributed by atoms with van der Waals surface area (Å²) < 4.78 is 5.50. The van der Waals surface area contributed by atoms with Gasteiger partial charge in [-0.1, -0.05) is 19.9 Å². The Bertz CT molecular complexity index is 287. The second kappa shape index (κ2) is 6.40. The van der Waals surface area contributed by atoms with Gasteiger partial charge in [0.2, 0.25) is 0 Å². The van der Waals surface area contributed by atoms with E-state index in [1.807, 2.05) is 12.1 Å². The van der Waals surface area contributed by atoms with E-state index in [9.17, 15) is 0 Å². The molecular weight excluding hydrogens is 188 g/mol. The fourth-order valence-electron chi connectivity index (χ4n) is 1.35. The average molecular weight is 208 g/mol. The van der Waals surface area contributed by atoms with E-state index in [0.29, 0.717) is 11.7 Å². The number of rotatable bonds is 6. The molecule has 0 fully saturated rings. The van der Waals surface area contributed by atoms with Crippen LogP contribution < -0.4 is 5.73 Å². The van der Waals surface area contributed by atoms with Crippen LogP contribution in [0, 0.1) is 5.92 Å². The molecule has 3 heteroatoms. The first kappa shape index (κ1) is 12.0. The molecule has 1 aromatic rings. The highest BCUT2D eigenvalue weighted by Crippen LogP contribution is 2.09. The Morgan fingerprint density at radius 2 is 2.27 bits per heavy atom. The highest BCUT2D eigenvalue weighted by atomic mass is 16.5. The number of nitrogens with zero attached hydrogens (tertiary/aromatic N) is 1. The smallest absolute Gasteiger partial charge is 0.126 e. The Morgan fingerprint density at radius 3 is 2.93 bits per heavy atom. The molecule has 0 saturated heterocycles. The zero-order chi connectivity index (χ0) is 11.1. The van der Waals surface area contributed by atoms with E-state index in [1.165, 1.54) is 0 Å². The number of aryl methyl sites for hydroxylation is 1. The van der Waals surface area contributed by atoms with Gasteiger partial charge in [0.15, 0.2) is 0 Å². The van der Waals surface area contributed by atoms with Crippen LogP contribution in [0.5, 0.6) is 0 Å². The van der Waals surface area contributed by atoms with Gasteiger partial charge >= 0.3 is 0 Å². The van der Waals surface area contributed by atoms with Gasteiger partial charge in [-0.25, -0.2) is 4.98 Å². The van der Waals surface area contributed by atoms with Crippen molar-refractivity contribution in [2.45, 2.75) is 26.7 Å². The number of anilines is 1. The Balaban J connectivity index is 2.18. The van der Waals surface area contributed by atoms with Crippen LogP contribution in [0.2, 0.25) is 0 Å². The Kier molecular flexibility index (Phi) is 5.12. The van der Waals surface area contributed by atoms with Crippen molar-refractivity contribution in [2.75, 3.05) is 18.9 Å². The van der Waals surface area contributed by atoms with E-state index in [0.717, 1.165) is 31.6 Å². The van der Waals surface area contributed by atoms with E-state index in [4.69, 9.17) is 10.5 Å². The van der Waals surface area contributed by atoms with Crippen molar-refractivity contribution < 1.29 is 4.74 Å². The molecule has 0 unspecified atom stereocenters. The zero-order valence-electron chi connectivity index (χ0n) is 9.57. The summed E-state index contributed by atoms with van der Waals surface area (Å²) >= 11 is 0. The van der Waals surface area contributed by atoms with Crippen molar-refractivity contribution in [3.63, 3.8) is 0 Å². The Hall–Kier alpha value is -1.09. The van der Waals surface area contributed by atoms with E-state index in [-0.39, 0.29) is 0 Å². The summed E-state index contributed by atoms with van der Waals surface area (Å²) in [5, 5.41) is 0. The van der Waals surface area contributed by atoms with Crippen LogP contribution in [-0.2, 0) is 11.2 Å². The van der Waals surface area contributed by atoms with Crippen LogP contribution in [-0.4, -0.2) is 18.2 Å². The van der Waals surface area contributed by atoms with Gasteiger partial charge in [0.1, 0.15) is 5.82 Å². The number of nitrogen functional groups attached to an aromatic ring is 1. The number of nitrogens with two attached hydrogens (primary N) is 1. The quantitative estimate of drug-likeness (QED) is 0.729. The molecule has 0 radical (unpaired) electrons. The minimum absolute atomic E-state index is 0.605. The van der Waals surface area contributed by atoms with Gasteiger partial charge in [-0.2, -0.15) is 0 Å². The molecule has 0 bridgehead atoms. The second-order valence-electron chi connectivity index (χ2n) is 4.12. The zero-order valence-corrected chi connectivity index (χ0v) is 9.57. The first-order chi connectivity index (χ1) is 7.20. The van der Waals surface area contributed by atoms with Gasteiger partial charge < -0.3 is 10.5 Å². The molecule has 1 heterocycles. The molecule has 0 aliphatic heterocycles. The molecule has 0 aromatic carbocycles. The SMILES string of the molecule is CC(C)COCCCc1cccnc1N. The minimum atomic E-state index is 0.605. The summed E-state index contributed by atoms with van der Waals surface area (Å²) in [4.78, 5) is 4.04. The molecule has 0 amide bonds. The minimum Gasteiger partial charge on any atom is -0.383 e. The summed E-state index contributed by atoms with van der Waals surface area (Å²) in [6, 6.07) is 3.94. The molecular formula is C12H20N2O. The van der Waals surface area contributed by atoms with Gasteiger partial charge in [0, 0.05) is 19.4 Å². The standard InChI is InChI=1S/C12H20N2O/c1-10(2)9-15-8-4-6-11-5-3-7-14-12(11)13/h3,5,7,10H,4,6,8-9H2,1-2H3,(H2,13,14). The lowest BCUT2D eigenvalue weighted by Crippen LogP contribution is -2.05. The monoisotopic (exact) mass is 208 g/mol. The lowest BCUT2D eigenvalue weighted by Gasteiger charge is -2.07. The average Bonchev–Trinajstić information content (AvgIpc) is 2.20. The fourth-order valence-corrected chi connectivity index (χ4v) is 1.35. The van der Waals surface area contributed by atoms with Crippen LogP contribution in [0.15, 0.2) is 18.3 Å². The highest BCUT2D eigenvalue weighted by molar-refractivity contribution is 5.38. The van der Waals surface area contributed by atoms with Crippen LogP contribution in [0.1, 0.15) is 25.8 Å². The largest absolute Gasteiger partial charge is 0.383 e. The lowest BCUT2D eigenvalue weighted by atomic mass is 10.1. The molecule has 1 rings (SSSR count). The molecule has 0 saturated carbocycles. The Morgan fingerprint density at radius 1 is 1.47 bits per heavy atom. The molecule has 0 aliphatic carbocycles. The highest BCUT2D eigenvalue weighted by Gasteiger charge is 1.99. The second-order valence-corrected chi connectivity index (χ2v) is 4.12. The van der Waals surface area contributed by atoms with Crippen molar-refractivity contribution in [3.8, 4) is 0 Å². The van der Waals surface area contributed by atoms with Crippen molar-refractivity contribution in [3.05, 3.63) is 23.9 Å². The van der Waals surface area contributed by atoms with Crippen LogP contribution >= 0.6 is 0 Å². The molecule has 15 heavy (non-hydrogen) atoms. The molecule has 84 valence electrons. The summed E-state index contributed by atoms with van der Waals surface area (Å²) in [7, 11) is 0. The van der Waals surface area contributed by atoms with Crippen molar-refractivity contribution in [2.24, 2.45) is 5.92 Å². The summed E-state index contributed by atoms with van der Waals surface area (Å²) in [6.07, 6.45) is 3.66. The van der Waals surface area contributed by atoms with Gasteiger partial charge in [-0.05, 0) is 30.4 Å². The van der Waals surface area contributed by atoms with Crippen molar-refractivity contribution in [1.82, 2.24) is 4.98 Å². The molecule has 0 atom stereocenters. The molecule has 0 spiro atoms. The van der Waals surface area contributed by atoms with E-state index in [2.05, 4.69) is 18.8 Å². The normalized spacial score (nSPS) is 10.9. The number of pyridine rings is 1. The van der Waals surface area contributed by atoms with Gasteiger partial charge in [-0.3, -0.25) is 0 Å². The van der Waals surface area contributed by atoms with Crippen LogP contribution in [0.4, 0.5) is 5.82 Å². The molecule has 0 aliphatic rings. The van der Waals surface area contributed by atoms with Gasteiger partial charge in [-0.15, -0.1) is 0 Å². The maximum atomic E-state index is 5.73. The third-order valence-corrected chi connectivity index (χ3v) is 2.11. The maximum absolute atomic E-state index is 5.73. The predicted molar refractivity (Wildman–Crippen MR) is 62.6 cm³/mol. The Labute approximate surface area is 91.7 Å². The van der Waals surface area contributed by atoms with Crippen LogP contribution in [0.25, 0.3) is 0 Å². The topological polar surface area (TPSA) is 48.1 Å². The maximum Gasteiger partial charge on any atom is 0.126 e. The summed E-state index contributed by atoms with van der Waals surface area (Å²) in [5.74, 6) is 1.25. The first-order valence-corrected chi connectivity index (χ1v) is 5.47. The number of aromatic nitrogens is 1. The third kappa shape index (κ3) is 4.79. The van der Waals surface area contributed by atoms with Crippen molar-refractivity contribution >= 4 is 5.82 Å². The molecule has 3 nitrogen and oxygen atoms in total. The summed E-state index contributed by atoms with van der Waals surface area (Å²) in [6.45, 7) is 5.94. The first-order valence-electron chi connectivity index (χ1n) is 5.47.